The number of allylic oxidation sites excluding steroid dienone is 1. The van der Waals surface area contributed by atoms with E-state index in [0.717, 1.165) is 6.42 Å². The van der Waals surface area contributed by atoms with Crippen LogP contribution in [0, 0.1) is 9.49 Å². The monoisotopic (exact) mass is 628 g/mol. The number of amides is 2. The normalized spacial score (nSPS) is 19.1. The Bertz CT molecular complexity index is 995. The molecule has 0 aliphatic heterocycles. The number of nitrogens with zero attached hydrogens (tertiary/aromatic N) is 1. The largest absolute Gasteiger partial charge is 0.493 e. The summed E-state index contributed by atoms with van der Waals surface area (Å²) in [5.74, 6) is 0.411. The molecule has 0 radical (unpaired) electrons. The van der Waals surface area contributed by atoms with Crippen molar-refractivity contribution in [1.82, 2.24) is 10.2 Å². The van der Waals surface area contributed by atoms with Crippen LogP contribution < -0.4 is 14.8 Å². The Balaban J connectivity index is 2.50. The maximum atomic E-state index is 13.2. The molecule has 1 aromatic carbocycles. The van der Waals surface area contributed by atoms with Gasteiger partial charge >= 0.3 is 0 Å². The third-order valence-corrected chi connectivity index (χ3v) is 6.89. The van der Waals surface area contributed by atoms with E-state index in [-0.39, 0.29) is 31.9 Å². The molecule has 37 heavy (non-hydrogen) atoms. The Morgan fingerprint density at radius 1 is 1.35 bits per heavy atom. The predicted octanol–water partition coefficient (Wildman–Crippen LogP) is 2.87. The first-order valence-electron chi connectivity index (χ1n) is 12.3. The molecular weight excluding hydrogens is 591 g/mol. The van der Waals surface area contributed by atoms with Crippen LogP contribution in [0.25, 0.3) is 0 Å². The van der Waals surface area contributed by atoms with Gasteiger partial charge in [-0.05, 0) is 59.6 Å². The lowest BCUT2D eigenvalue weighted by Crippen LogP contribution is -2.55. The lowest BCUT2D eigenvalue weighted by molar-refractivity contribution is -0.138. The van der Waals surface area contributed by atoms with Gasteiger partial charge < -0.3 is 29.9 Å². The number of rotatable bonds is 14. The molecule has 0 saturated carbocycles. The van der Waals surface area contributed by atoms with Gasteiger partial charge in [0.15, 0.2) is 11.5 Å². The molecule has 0 aromatic heterocycles. The molecule has 2 rings (SSSR count). The zero-order valence-electron chi connectivity index (χ0n) is 21.6. The van der Waals surface area contributed by atoms with Gasteiger partial charge in [-0.1, -0.05) is 19.9 Å². The first-order valence-corrected chi connectivity index (χ1v) is 13.4. The van der Waals surface area contributed by atoms with Crippen molar-refractivity contribution in [2.45, 2.75) is 57.8 Å². The molecule has 0 unspecified atom stereocenters. The van der Waals surface area contributed by atoms with E-state index in [4.69, 9.17) is 14.6 Å². The van der Waals surface area contributed by atoms with Crippen LogP contribution >= 0.6 is 22.6 Å². The van der Waals surface area contributed by atoms with Gasteiger partial charge in [-0.15, -0.1) is 6.58 Å². The number of methoxy groups -OCH3 is 1. The molecule has 3 N–H and O–H groups in total. The second-order valence-corrected chi connectivity index (χ2v) is 10.4. The van der Waals surface area contributed by atoms with Gasteiger partial charge in [-0.3, -0.25) is 14.4 Å². The van der Waals surface area contributed by atoms with E-state index in [2.05, 4.69) is 25.7 Å². The average molecular weight is 629 g/mol. The summed E-state index contributed by atoms with van der Waals surface area (Å²) >= 11 is 2.02. The van der Waals surface area contributed by atoms with Crippen LogP contribution in [0.5, 0.6) is 11.5 Å². The average Bonchev–Trinajstić information content (AvgIpc) is 2.88. The molecule has 0 spiro atoms. The standard InChI is InChI=1S/C27H37IN2O7/c1-5-6-7-24(33)30(10-8-17(2)3)21-14-19(27(35)29-9-11-31)15-22(25(21)34)37-26-20(28)12-18(16-32)13-23(26)36-4/h5,12-13,15-17,21-22,25,31,34H,1,6-11,14H2,2-4H3,(H,29,35)/t21-,22+,25+/m1/s1. The first-order chi connectivity index (χ1) is 17.7. The smallest absolute Gasteiger partial charge is 0.247 e. The van der Waals surface area contributed by atoms with E-state index in [1.165, 1.54) is 13.2 Å². The number of aldehydes is 1. The fraction of sp³-hybridized carbons (Fsp3) is 0.519. The van der Waals surface area contributed by atoms with E-state index in [0.29, 0.717) is 51.4 Å². The van der Waals surface area contributed by atoms with Crippen LogP contribution in [-0.4, -0.2) is 78.3 Å². The van der Waals surface area contributed by atoms with Crippen molar-refractivity contribution in [2.75, 3.05) is 26.8 Å². The van der Waals surface area contributed by atoms with Gasteiger partial charge in [0.1, 0.15) is 18.5 Å². The van der Waals surface area contributed by atoms with Gasteiger partial charge in [0, 0.05) is 37.1 Å². The highest BCUT2D eigenvalue weighted by molar-refractivity contribution is 14.1. The number of carbonyl (C=O) groups is 3. The molecule has 1 aliphatic carbocycles. The molecule has 0 fully saturated rings. The Labute approximate surface area is 232 Å². The van der Waals surface area contributed by atoms with Gasteiger partial charge in [0.05, 0.1) is 23.3 Å². The fourth-order valence-corrected chi connectivity index (χ4v) is 4.83. The van der Waals surface area contributed by atoms with Crippen LogP contribution in [-0.2, 0) is 9.59 Å². The molecule has 1 aliphatic rings. The molecule has 10 heteroatoms. The lowest BCUT2D eigenvalue weighted by Gasteiger charge is -2.41. The Hall–Kier alpha value is -2.44. The van der Waals surface area contributed by atoms with Crippen LogP contribution in [0.15, 0.2) is 36.4 Å². The highest BCUT2D eigenvalue weighted by Gasteiger charge is 2.40. The van der Waals surface area contributed by atoms with E-state index in [1.807, 2.05) is 22.6 Å². The minimum Gasteiger partial charge on any atom is -0.493 e. The van der Waals surface area contributed by atoms with Gasteiger partial charge in [-0.2, -0.15) is 0 Å². The zero-order valence-corrected chi connectivity index (χ0v) is 23.8. The summed E-state index contributed by atoms with van der Waals surface area (Å²) in [5, 5.41) is 23.3. The first kappa shape index (κ1) is 30.8. The van der Waals surface area contributed by atoms with Crippen molar-refractivity contribution in [3.63, 3.8) is 0 Å². The highest BCUT2D eigenvalue weighted by atomic mass is 127. The zero-order chi connectivity index (χ0) is 27.5. The van der Waals surface area contributed by atoms with Crippen LogP contribution in [0.2, 0.25) is 0 Å². The summed E-state index contributed by atoms with van der Waals surface area (Å²) in [6.45, 7) is 8.08. The Kier molecular flexibility index (Phi) is 12.6. The number of nitrogens with one attached hydrogen (secondary N) is 1. The molecule has 9 nitrogen and oxygen atoms in total. The Morgan fingerprint density at radius 2 is 2.08 bits per heavy atom. The van der Waals surface area contributed by atoms with Gasteiger partial charge in [0.25, 0.3) is 0 Å². The maximum absolute atomic E-state index is 13.2. The fourth-order valence-electron chi connectivity index (χ4n) is 4.08. The van der Waals surface area contributed by atoms with Crippen molar-refractivity contribution in [1.29, 1.82) is 0 Å². The summed E-state index contributed by atoms with van der Waals surface area (Å²) in [7, 11) is 1.45. The number of hydrogen-bond acceptors (Lipinski definition) is 7. The molecule has 2 amide bonds. The molecule has 204 valence electrons. The summed E-state index contributed by atoms with van der Waals surface area (Å²) in [4.78, 5) is 39.1. The minimum atomic E-state index is -1.14. The molecule has 0 saturated heterocycles. The minimum absolute atomic E-state index is 0.0725. The van der Waals surface area contributed by atoms with Gasteiger partial charge in [0.2, 0.25) is 11.8 Å². The summed E-state index contributed by atoms with van der Waals surface area (Å²) in [5.41, 5.74) is 0.751. The maximum Gasteiger partial charge on any atom is 0.247 e. The Morgan fingerprint density at radius 3 is 2.68 bits per heavy atom. The van der Waals surface area contributed by atoms with E-state index < -0.39 is 24.2 Å². The van der Waals surface area contributed by atoms with E-state index >= 15 is 0 Å². The third kappa shape index (κ3) is 8.54. The SMILES string of the molecule is C=CCCC(=O)N(CCC(C)C)[C@@H]1CC(C(=O)NCCO)=C[C@H](Oc2c(I)cc(C=O)cc2OC)[C@H]1O. The number of halogens is 1. The van der Waals surface area contributed by atoms with E-state index in [9.17, 15) is 19.5 Å². The topological polar surface area (TPSA) is 125 Å². The molecular formula is C27H37IN2O7. The van der Waals surface area contributed by atoms with Gasteiger partial charge in [-0.25, -0.2) is 0 Å². The van der Waals surface area contributed by atoms with Crippen molar-refractivity contribution in [3.05, 3.63) is 45.6 Å². The van der Waals surface area contributed by atoms with Crippen molar-refractivity contribution >= 4 is 40.7 Å². The molecule has 1 aromatic rings. The number of aliphatic hydroxyl groups is 2. The molecule has 3 atom stereocenters. The predicted molar refractivity (Wildman–Crippen MR) is 149 cm³/mol. The number of benzene rings is 1. The van der Waals surface area contributed by atoms with Crippen molar-refractivity contribution in [3.8, 4) is 11.5 Å². The number of carbonyl (C=O) groups excluding carboxylic acids is 3. The van der Waals surface area contributed by atoms with Crippen LogP contribution in [0.4, 0.5) is 0 Å². The second-order valence-electron chi connectivity index (χ2n) is 9.26. The second kappa shape index (κ2) is 15.1. The summed E-state index contributed by atoms with van der Waals surface area (Å²) in [6, 6.07) is 2.45. The highest BCUT2D eigenvalue weighted by Crippen LogP contribution is 2.37. The van der Waals surface area contributed by atoms with Crippen LogP contribution in [0.3, 0.4) is 0 Å². The molecule has 0 bridgehead atoms. The quantitative estimate of drug-likeness (QED) is 0.165. The summed E-state index contributed by atoms with van der Waals surface area (Å²) in [6.07, 6.45) is 3.40. The van der Waals surface area contributed by atoms with E-state index in [1.54, 1.807) is 23.1 Å². The number of hydrogen-bond donors (Lipinski definition) is 3. The third-order valence-electron chi connectivity index (χ3n) is 6.09. The lowest BCUT2D eigenvalue weighted by atomic mass is 9.87. The van der Waals surface area contributed by atoms with Crippen molar-refractivity contribution < 1.29 is 34.1 Å². The number of ether oxygens (including phenoxy) is 2. The van der Waals surface area contributed by atoms with Crippen molar-refractivity contribution in [2.24, 2.45) is 5.92 Å². The number of aliphatic hydroxyl groups excluding tert-OH is 2. The molecule has 0 heterocycles. The van der Waals surface area contributed by atoms with Crippen LogP contribution in [0.1, 0.15) is 49.9 Å². The summed E-state index contributed by atoms with van der Waals surface area (Å²) < 4.78 is 12.2.